The summed E-state index contributed by atoms with van der Waals surface area (Å²) in [7, 11) is 0. The molecule has 1 N–H and O–H groups in total. The minimum Gasteiger partial charge on any atom is -0.481 e. The molecule has 1 amide bonds. The molecule has 0 aromatic carbocycles. The Labute approximate surface area is 109 Å². The molecule has 4 heteroatoms. The summed E-state index contributed by atoms with van der Waals surface area (Å²) in [6.07, 6.45) is 6.33. The zero-order chi connectivity index (χ0) is 13.5. The maximum atomic E-state index is 12.2. The molecule has 0 spiro atoms. The summed E-state index contributed by atoms with van der Waals surface area (Å²) in [4.78, 5) is 24.8. The number of nitrogens with zero attached hydrogens (tertiary/aromatic N) is 1. The maximum Gasteiger partial charge on any atom is 0.303 e. The van der Waals surface area contributed by atoms with E-state index in [-0.39, 0.29) is 18.2 Å². The molecule has 0 heterocycles. The SMILES string of the molecule is CCN(C(=O)CC(C)CC(=O)O)C1CCCCC1. The summed E-state index contributed by atoms with van der Waals surface area (Å²) >= 11 is 0. The quantitative estimate of drug-likeness (QED) is 0.793. The van der Waals surface area contributed by atoms with E-state index in [2.05, 4.69) is 0 Å². The first kappa shape index (κ1) is 15.0. The Morgan fingerprint density at radius 1 is 1.22 bits per heavy atom. The highest BCUT2D eigenvalue weighted by Gasteiger charge is 2.25. The van der Waals surface area contributed by atoms with Crippen molar-refractivity contribution in [3.63, 3.8) is 0 Å². The molecule has 104 valence electrons. The van der Waals surface area contributed by atoms with E-state index in [4.69, 9.17) is 5.11 Å². The average molecular weight is 255 g/mol. The third-order valence-electron chi connectivity index (χ3n) is 3.72. The van der Waals surface area contributed by atoms with Crippen molar-refractivity contribution in [1.29, 1.82) is 0 Å². The van der Waals surface area contributed by atoms with Crippen molar-refractivity contribution in [3.8, 4) is 0 Å². The average Bonchev–Trinajstić information content (AvgIpc) is 2.29. The highest BCUT2D eigenvalue weighted by atomic mass is 16.4. The van der Waals surface area contributed by atoms with E-state index in [0.717, 1.165) is 19.4 Å². The number of carbonyl (C=O) groups is 2. The highest BCUT2D eigenvalue weighted by molar-refractivity contribution is 5.77. The molecule has 0 radical (unpaired) electrons. The molecule has 18 heavy (non-hydrogen) atoms. The van der Waals surface area contributed by atoms with Crippen molar-refractivity contribution in [2.45, 2.75) is 64.8 Å². The van der Waals surface area contributed by atoms with Crippen LogP contribution in [0.15, 0.2) is 0 Å². The van der Waals surface area contributed by atoms with E-state index >= 15 is 0 Å². The van der Waals surface area contributed by atoms with Gasteiger partial charge in [0.15, 0.2) is 0 Å². The van der Waals surface area contributed by atoms with E-state index in [9.17, 15) is 9.59 Å². The number of aliphatic carboxylic acids is 1. The standard InChI is InChI=1S/C14H25NO3/c1-3-15(12-7-5-4-6-8-12)13(16)9-11(2)10-14(17)18/h11-12H,3-10H2,1-2H3,(H,17,18). The van der Waals surface area contributed by atoms with E-state index in [0.29, 0.717) is 12.5 Å². The second kappa shape index (κ2) is 7.39. The lowest BCUT2D eigenvalue weighted by atomic mass is 9.93. The number of rotatable bonds is 6. The van der Waals surface area contributed by atoms with Crippen LogP contribution in [0.2, 0.25) is 0 Å². The van der Waals surface area contributed by atoms with Crippen LogP contribution in [0.5, 0.6) is 0 Å². The fourth-order valence-corrected chi connectivity index (χ4v) is 2.82. The second-order valence-corrected chi connectivity index (χ2v) is 5.38. The molecule has 0 aromatic rings. The van der Waals surface area contributed by atoms with Crippen LogP contribution in [0, 0.1) is 5.92 Å². The van der Waals surface area contributed by atoms with Crippen molar-refractivity contribution in [3.05, 3.63) is 0 Å². The Balaban J connectivity index is 2.48. The molecule has 1 aliphatic rings. The molecule has 1 atom stereocenters. The van der Waals surface area contributed by atoms with Crippen LogP contribution in [0.25, 0.3) is 0 Å². The lowest BCUT2D eigenvalue weighted by molar-refractivity contribution is -0.139. The summed E-state index contributed by atoms with van der Waals surface area (Å²) in [5, 5.41) is 8.72. The van der Waals surface area contributed by atoms with Crippen LogP contribution in [0.4, 0.5) is 0 Å². The van der Waals surface area contributed by atoms with Gasteiger partial charge in [-0.05, 0) is 25.7 Å². The number of hydrogen-bond acceptors (Lipinski definition) is 2. The molecule has 0 aromatic heterocycles. The van der Waals surface area contributed by atoms with Gasteiger partial charge in [0.1, 0.15) is 0 Å². The summed E-state index contributed by atoms with van der Waals surface area (Å²) in [6, 6.07) is 0.383. The topological polar surface area (TPSA) is 57.6 Å². The minimum absolute atomic E-state index is 0.0763. The fraction of sp³-hybridized carbons (Fsp3) is 0.857. The molecule has 1 rings (SSSR count). The Morgan fingerprint density at radius 2 is 1.83 bits per heavy atom. The summed E-state index contributed by atoms with van der Waals surface area (Å²) in [6.45, 7) is 4.58. The zero-order valence-electron chi connectivity index (χ0n) is 11.5. The Bertz CT molecular complexity index is 285. The number of carboxylic acid groups (broad SMARTS) is 1. The van der Waals surface area contributed by atoms with Gasteiger partial charge in [0.25, 0.3) is 0 Å². The molecule has 1 saturated carbocycles. The first-order valence-corrected chi connectivity index (χ1v) is 7.05. The third-order valence-corrected chi connectivity index (χ3v) is 3.72. The van der Waals surface area contributed by atoms with Crippen molar-refractivity contribution in [2.24, 2.45) is 5.92 Å². The largest absolute Gasteiger partial charge is 0.481 e. The van der Waals surface area contributed by atoms with Crippen molar-refractivity contribution < 1.29 is 14.7 Å². The Hall–Kier alpha value is -1.06. The van der Waals surface area contributed by atoms with E-state index in [1.165, 1.54) is 19.3 Å². The monoisotopic (exact) mass is 255 g/mol. The number of carbonyl (C=O) groups excluding carboxylic acids is 1. The summed E-state index contributed by atoms with van der Waals surface area (Å²) < 4.78 is 0. The Kier molecular flexibility index (Phi) is 6.16. The predicted molar refractivity (Wildman–Crippen MR) is 70.3 cm³/mol. The van der Waals surface area contributed by atoms with Gasteiger partial charge in [-0.25, -0.2) is 0 Å². The molecule has 1 fully saturated rings. The van der Waals surface area contributed by atoms with Gasteiger partial charge in [0.2, 0.25) is 5.91 Å². The minimum atomic E-state index is -0.823. The number of hydrogen-bond donors (Lipinski definition) is 1. The van der Waals surface area contributed by atoms with Gasteiger partial charge in [-0.1, -0.05) is 26.2 Å². The van der Waals surface area contributed by atoms with Crippen LogP contribution in [-0.4, -0.2) is 34.5 Å². The Morgan fingerprint density at radius 3 is 2.33 bits per heavy atom. The molecule has 1 unspecified atom stereocenters. The fourth-order valence-electron chi connectivity index (χ4n) is 2.82. The van der Waals surface area contributed by atoms with Crippen molar-refractivity contribution in [1.82, 2.24) is 4.90 Å². The van der Waals surface area contributed by atoms with Crippen LogP contribution < -0.4 is 0 Å². The summed E-state index contributed by atoms with van der Waals surface area (Å²) in [5.74, 6) is -0.776. The van der Waals surface area contributed by atoms with Gasteiger partial charge in [0.05, 0.1) is 0 Å². The maximum absolute atomic E-state index is 12.2. The lowest BCUT2D eigenvalue weighted by Gasteiger charge is -2.34. The number of carboxylic acids is 1. The molecular formula is C14H25NO3. The normalized spacial score (nSPS) is 18.3. The van der Waals surface area contributed by atoms with Crippen LogP contribution in [0.1, 0.15) is 58.8 Å². The molecule has 0 saturated heterocycles. The molecular weight excluding hydrogens is 230 g/mol. The van der Waals surface area contributed by atoms with Crippen LogP contribution in [-0.2, 0) is 9.59 Å². The van der Waals surface area contributed by atoms with Gasteiger partial charge >= 0.3 is 5.97 Å². The first-order valence-electron chi connectivity index (χ1n) is 7.05. The van der Waals surface area contributed by atoms with E-state index in [1.54, 1.807) is 0 Å². The second-order valence-electron chi connectivity index (χ2n) is 5.38. The molecule has 0 aliphatic heterocycles. The van der Waals surface area contributed by atoms with Crippen LogP contribution >= 0.6 is 0 Å². The van der Waals surface area contributed by atoms with Gasteiger partial charge in [0, 0.05) is 25.4 Å². The van der Waals surface area contributed by atoms with Crippen molar-refractivity contribution in [2.75, 3.05) is 6.54 Å². The first-order chi connectivity index (χ1) is 8.54. The highest BCUT2D eigenvalue weighted by Crippen LogP contribution is 2.24. The summed E-state index contributed by atoms with van der Waals surface area (Å²) in [5.41, 5.74) is 0. The van der Waals surface area contributed by atoms with E-state index < -0.39 is 5.97 Å². The molecule has 0 bridgehead atoms. The number of amides is 1. The molecule has 4 nitrogen and oxygen atoms in total. The van der Waals surface area contributed by atoms with E-state index in [1.807, 2.05) is 18.7 Å². The smallest absolute Gasteiger partial charge is 0.303 e. The molecule has 1 aliphatic carbocycles. The zero-order valence-corrected chi connectivity index (χ0v) is 11.5. The van der Waals surface area contributed by atoms with Gasteiger partial charge in [-0.2, -0.15) is 0 Å². The third kappa shape index (κ3) is 4.67. The van der Waals surface area contributed by atoms with Crippen LogP contribution in [0.3, 0.4) is 0 Å². The lowest BCUT2D eigenvalue weighted by Crippen LogP contribution is -2.41. The van der Waals surface area contributed by atoms with Gasteiger partial charge in [-0.15, -0.1) is 0 Å². The predicted octanol–water partition coefficient (Wildman–Crippen LogP) is 2.67. The van der Waals surface area contributed by atoms with Crippen molar-refractivity contribution >= 4 is 11.9 Å². The van der Waals surface area contributed by atoms with Gasteiger partial charge in [-0.3, -0.25) is 9.59 Å². The van der Waals surface area contributed by atoms with Gasteiger partial charge < -0.3 is 10.0 Å².